The zero-order chi connectivity index (χ0) is 12.9. The van der Waals surface area contributed by atoms with E-state index in [1.165, 1.54) is 14.0 Å². The monoisotopic (exact) mass is 258 g/mol. The van der Waals surface area contributed by atoms with Gasteiger partial charge in [-0.25, -0.2) is 4.79 Å². The first kappa shape index (κ1) is 14.0. The molecule has 1 rings (SSSR count). The first-order chi connectivity index (χ1) is 7.97. The third kappa shape index (κ3) is 4.00. The van der Waals surface area contributed by atoms with Crippen molar-refractivity contribution in [1.82, 2.24) is 0 Å². The number of halogens is 1. The van der Waals surface area contributed by atoms with E-state index < -0.39 is 11.6 Å². The standard InChI is InChI=1S/C12H15ClO4/c1-12(15,11(14)16-2)8-17-7-9-5-3-4-6-10(9)13/h3-6,15H,7-8H2,1-2H3. The number of esters is 1. The normalized spacial score (nSPS) is 14.1. The number of hydrogen-bond donors (Lipinski definition) is 1. The molecule has 0 aromatic heterocycles. The van der Waals surface area contributed by atoms with Crippen LogP contribution in [0.4, 0.5) is 0 Å². The average Bonchev–Trinajstić information content (AvgIpc) is 2.30. The first-order valence-corrected chi connectivity index (χ1v) is 5.47. The molecule has 0 saturated carbocycles. The Labute approximate surface area is 105 Å². The van der Waals surface area contributed by atoms with Crippen LogP contribution in [0, 0.1) is 0 Å². The second-order valence-corrected chi connectivity index (χ2v) is 4.26. The van der Waals surface area contributed by atoms with Gasteiger partial charge in [0.05, 0.1) is 20.3 Å². The highest BCUT2D eigenvalue weighted by Gasteiger charge is 2.31. The largest absolute Gasteiger partial charge is 0.467 e. The second-order valence-electron chi connectivity index (χ2n) is 3.85. The first-order valence-electron chi connectivity index (χ1n) is 5.09. The van der Waals surface area contributed by atoms with Gasteiger partial charge >= 0.3 is 5.97 Å². The number of benzene rings is 1. The van der Waals surface area contributed by atoms with Gasteiger partial charge in [-0.05, 0) is 18.6 Å². The zero-order valence-electron chi connectivity index (χ0n) is 9.77. The topological polar surface area (TPSA) is 55.8 Å². The minimum Gasteiger partial charge on any atom is -0.467 e. The highest BCUT2D eigenvalue weighted by atomic mass is 35.5. The SMILES string of the molecule is COC(=O)C(C)(O)COCc1ccccc1Cl. The van der Waals surface area contributed by atoms with Crippen LogP contribution in [0.3, 0.4) is 0 Å². The summed E-state index contributed by atoms with van der Waals surface area (Å²) in [4.78, 5) is 11.2. The van der Waals surface area contributed by atoms with Gasteiger partial charge in [-0.15, -0.1) is 0 Å². The van der Waals surface area contributed by atoms with Crippen LogP contribution in [0.5, 0.6) is 0 Å². The molecule has 0 aliphatic heterocycles. The molecule has 1 aromatic carbocycles. The van der Waals surface area contributed by atoms with E-state index in [0.29, 0.717) is 5.02 Å². The fraction of sp³-hybridized carbons (Fsp3) is 0.417. The molecule has 0 spiro atoms. The van der Waals surface area contributed by atoms with Gasteiger partial charge in [-0.2, -0.15) is 0 Å². The summed E-state index contributed by atoms with van der Waals surface area (Å²) in [6.45, 7) is 1.42. The van der Waals surface area contributed by atoms with Gasteiger partial charge in [-0.1, -0.05) is 29.8 Å². The second kappa shape index (κ2) is 6.00. The Hall–Kier alpha value is -1.10. The summed E-state index contributed by atoms with van der Waals surface area (Å²) in [6.07, 6.45) is 0. The molecule has 1 aromatic rings. The van der Waals surface area contributed by atoms with Gasteiger partial charge in [0.2, 0.25) is 0 Å². The molecule has 0 aliphatic rings. The van der Waals surface area contributed by atoms with E-state index in [0.717, 1.165) is 5.56 Å². The summed E-state index contributed by atoms with van der Waals surface area (Å²) in [7, 11) is 1.21. The zero-order valence-corrected chi connectivity index (χ0v) is 10.5. The molecule has 1 unspecified atom stereocenters. The number of rotatable bonds is 5. The Bertz CT molecular complexity index is 390. The van der Waals surface area contributed by atoms with Crippen molar-refractivity contribution in [2.45, 2.75) is 19.1 Å². The average molecular weight is 259 g/mol. The lowest BCUT2D eigenvalue weighted by molar-refractivity contribution is -0.166. The predicted molar refractivity (Wildman–Crippen MR) is 63.7 cm³/mol. The van der Waals surface area contributed by atoms with Crippen LogP contribution in [0.2, 0.25) is 5.02 Å². The van der Waals surface area contributed by atoms with Crippen molar-refractivity contribution in [2.75, 3.05) is 13.7 Å². The Morgan fingerprint density at radius 3 is 2.71 bits per heavy atom. The third-order valence-corrected chi connectivity index (χ3v) is 2.59. The number of methoxy groups -OCH3 is 1. The molecule has 0 amide bonds. The fourth-order valence-corrected chi connectivity index (χ4v) is 1.44. The van der Waals surface area contributed by atoms with Crippen molar-refractivity contribution in [1.29, 1.82) is 0 Å². The van der Waals surface area contributed by atoms with Crippen molar-refractivity contribution in [3.05, 3.63) is 34.9 Å². The van der Waals surface area contributed by atoms with Crippen LogP contribution >= 0.6 is 11.6 Å². The Morgan fingerprint density at radius 2 is 2.12 bits per heavy atom. The summed E-state index contributed by atoms with van der Waals surface area (Å²) < 4.78 is 9.70. The summed E-state index contributed by atoms with van der Waals surface area (Å²) in [5.74, 6) is -0.725. The van der Waals surface area contributed by atoms with E-state index in [-0.39, 0.29) is 13.2 Å². The predicted octanol–water partition coefficient (Wildman–Crippen LogP) is 1.78. The third-order valence-electron chi connectivity index (χ3n) is 2.22. The highest BCUT2D eigenvalue weighted by molar-refractivity contribution is 6.31. The van der Waals surface area contributed by atoms with E-state index in [2.05, 4.69) is 4.74 Å². The van der Waals surface area contributed by atoms with Crippen LogP contribution in [-0.2, 0) is 20.9 Å². The van der Waals surface area contributed by atoms with Crippen molar-refractivity contribution >= 4 is 17.6 Å². The lowest BCUT2D eigenvalue weighted by Crippen LogP contribution is -2.40. The van der Waals surface area contributed by atoms with Gasteiger partial charge in [0.1, 0.15) is 0 Å². The molecule has 4 nitrogen and oxygen atoms in total. The van der Waals surface area contributed by atoms with Gasteiger partial charge in [-0.3, -0.25) is 0 Å². The fourth-order valence-electron chi connectivity index (χ4n) is 1.25. The summed E-state index contributed by atoms with van der Waals surface area (Å²) >= 11 is 5.93. The molecular weight excluding hydrogens is 244 g/mol. The van der Waals surface area contributed by atoms with Gasteiger partial charge in [0.25, 0.3) is 0 Å². The Balaban J connectivity index is 2.48. The van der Waals surface area contributed by atoms with E-state index in [1.54, 1.807) is 6.07 Å². The Kier molecular flexibility index (Phi) is 4.93. The maximum absolute atomic E-state index is 11.2. The molecule has 5 heteroatoms. The smallest absolute Gasteiger partial charge is 0.339 e. The van der Waals surface area contributed by atoms with Crippen molar-refractivity contribution < 1.29 is 19.4 Å². The highest BCUT2D eigenvalue weighted by Crippen LogP contribution is 2.16. The molecular formula is C12H15ClO4. The number of ether oxygens (including phenoxy) is 2. The van der Waals surface area contributed by atoms with Gasteiger partial charge in [0, 0.05) is 5.02 Å². The van der Waals surface area contributed by atoms with Crippen LogP contribution in [0.25, 0.3) is 0 Å². The van der Waals surface area contributed by atoms with Crippen LogP contribution in [-0.4, -0.2) is 30.4 Å². The minimum absolute atomic E-state index is 0.148. The number of aliphatic hydroxyl groups is 1. The quantitative estimate of drug-likeness (QED) is 0.818. The molecule has 94 valence electrons. The van der Waals surface area contributed by atoms with E-state index in [4.69, 9.17) is 16.3 Å². The van der Waals surface area contributed by atoms with Crippen LogP contribution < -0.4 is 0 Å². The molecule has 0 saturated heterocycles. The van der Waals surface area contributed by atoms with Gasteiger partial charge < -0.3 is 14.6 Å². The summed E-state index contributed by atoms with van der Waals surface area (Å²) in [5, 5.41) is 10.3. The molecule has 0 bridgehead atoms. The van der Waals surface area contributed by atoms with E-state index in [1.807, 2.05) is 18.2 Å². The molecule has 0 radical (unpaired) electrons. The van der Waals surface area contributed by atoms with Gasteiger partial charge in [0.15, 0.2) is 5.60 Å². The Morgan fingerprint density at radius 1 is 1.47 bits per heavy atom. The van der Waals surface area contributed by atoms with Crippen molar-refractivity contribution in [3.63, 3.8) is 0 Å². The number of carbonyl (C=O) groups excluding carboxylic acids is 1. The molecule has 0 fully saturated rings. The maximum Gasteiger partial charge on any atom is 0.339 e. The summed E-state index contributed by atoms with van der Waals surface area (Å²) in [6, 6.07) is 7.22. The number of hydrogen-bond acceptors (Lipinski definition) is 4. The molecule has 17 heavy (non-hydrogen) atoms. The van der Waals surface area contributed by atoms with Crippen molar-refractivity contribution in [2.24, 2.45) is 0 Å². The van der Waals surface area contributed by atoms with Crippen LogP contribution in [0.15, 0.2) is 24.3 Å². The van der Waals surface area contributed by atoms with Crippen LogP contribution in [0.1, 0.15) is 12.5 Å². The minimum atomic E-state index is -1.64. The van der Waals surface area contributed by atoms with E-state index in [9.17, 15) is 9.90 Å². The maximum atomic E-state index is 11.2. The molecule has 1 N–H and O–H groups in total. The number of carbonyl (C=O) groups is 1. The summed E-state index contributed by atoms with van der Waals surface area (Å²) in [5.41, 5.74) is -0.842. The lowest BCUT2D eigenvalue weighted by Gasteiger charge is -2.20. The molecule has 0 aliphatic carbocycles. The van der Waals surface area contributed by atoms with E-state index >= 15 is 0 Å². The molecule has 1 atom stereocenters. The lowest BCUT2D eigenvalue weighted by atomic mass is 10.1. The van der Waals surface area contributed by atoms with Crippen molar-refractivity contribution in [3.8, 4) is 0 Å². The molecule has 0 heterocycles.